The van der Waals surface area contributed by atoms with Crippen molar-refractivity contribution < 1.29 is 19.4 Å². The number of hydrogen-bond acceptors (Lipinski definition) is 4. The number of esters is 1. The van der Waals surface area contributed by atoms with Crippen LogP contribution in [0.15, 0.2) is 24.3 Å². The first kappa shape index (κ1) is 20.6. The monoisotopic (exact) mass is 310 g/mol. The van der Waals surface area contributed by atoms with E-state index in [1.165, 1.54) is 25.0 Å². The Morgan fingerprint density at radius 3 is 2.41 bits per heavy atom. The first-order valence-electron chi connectivity index (χ1n) is 8.29. The highest BCUT2D eigenvalue weighted by atomic mass is 16.5. The standard InChI is InChI=1S/C18H30O4/c1-3-5-6-7-8-9-10-11-16(19)12-13-17(20)14-15-18(21)22-4-2/h7-8,14-15,17,20H,3-6,9-13H2,1-2H3/b8-7+,15-14+. The van der Waals surface area contributed by atoms with Crippen LogP contribution in [0.25, 0.3) is 0 Å². The topological polar surface area (TPSA) is 63.6 Å². The van der Waals surface area contributed by atoms with Crippen molar-refractivity contribution >= 4 is 11.8 Å². The lowest BCUT2D eigenvalue weighted by atomic mass is 10.1. The summed E-state index contributed by atoms with van der Waals surface area (Å²) in [5.74, 6) is -0.312. The molecule has 0 bridgehead atoms. The number of aliphatic hydroxyl groups excluding tert-OH is 1. The maximum absolute atomic E-state index is 11.7. The zero-order valence-corrected chi connectivity index (χ0v) is 13.9. The molecule has 0 aliphatic rings. The molecule has 0 rings (SSSR count). The lowest BCUT2D eigenvalue weighted by Crippen LogP contribution is -2.08. The van der Waals surface area contributed by atoms with E-state index in [4.69, 9.17) is 4.74 Å². The van der Waals surface area contributed by atoms with E-state index >= 15 is 0 Å². The fraction of sp³-hybridized carbons (Fsp3) is 0.667. The van der Waals surface area contributed by atoms with Gasteiger partial charge < -0.3 is 9.84 Å². The first-order valence-corrected chi connectivity index (χ1v) is 8.29. The van der Waals surface area contributed by atoms with E-state index < -0.39 is 12.1 Å². The van der Waals surface area contributed by atoms with Gasteiger partial charge in [-0.15, -0.1) is 0 Å². The summed E-state index contributed by atoms with van der Waals surface area (Å²) in [4.78, 5) is 22.7. The Labute approximate surface area is 134 Å². The SMILES string of the molecule is CCCC/C=C/CCCC(=O)CCC(O)/C=C/C(=O)OCC. The van der Waals surface area contributed by atoms with E-state index in [0.717, 1.165) is 19.3 Å². The molecule has 4 nitrogen and oxygen atoms in total. The van der Waals surface area contributed by atoms with E-state index in [2.05, 4.69) is 19.1 Å². The number of carbonyl (C=O) groups excluding carboxylic acids is 2. The van der Waals surface area contributed by atoms with Crippen molar-refractivity contribution in [1.29, 1.82) is 0 Å². The lowest BCUT2D eigenvalue weighted by Gasteiger charge is -2.04. The average molecular weight is 310 g/mol. The van der Waals surface area contributed by atoms with Crippen molar-refractivity contribution in [2.45, 2.75) is 71.3 Å². The molecule has 0 aromatic rings. The van der Waals surface area contributed by atoms with Crippen molar-refractivity contribution in [1.82, 2.24) is 0 Å². The summed E-state index contributed by atoms with van der Waals surface area (Å²) in [5.41, 5.74) is 0. The van der Waals surface area contributed by atoms with Crippen LogP contribution in [0, 0.1) is 0 Å². The molecular formula is C18H30O4. The molecule has 0 radical (unpaired) electrons. The van der Waals surface area contributed by atoms with E-state index in [-0.39, 0.29) is 5.78 Å². The van der Waals surface area contributed by atoms with Crippen LogP contribution in [0.3, 0.4) is 0 Å². The Kier molecular flexibility index (Phi) is 13.6. The number of allylic oxidation sites excluding steroid dienone is 2. The molecule has 0 spiro atoms. The van der Waals surface area contributed by atoms with Crippen LogP contribution in [-0.2, 0) is 14.3 Å². The number of rotatable bonds is 13. The number of carbonyl (C=O) groups is 2. The molecule has 0 aromatic carbocycles. The fourth-order valence-corrected chi connectivity index (χ4v) is 1.88. The molecule has 1 unspecified atom stereocenters. The highest BCUT2D eigenvalue weighted by molar-refractivity contribution is 5.82. The summed E-state index contributed by atoms with van der Waals surface area (Å²) >= 11 is 0. The molecule has 0 amide bonds. The molecule has 0 aliphatic heterocycles. The molecule has 0 saturated heterocycles. The van der Waals surface area contributed by atoms with Crippen LogP contribution in [-0.4, -0.2) is 29.6 Å². The van der Waals surface area contributed by atoms with E-state index in [1.54, 1.807) is 6.92 Å². The van der Waals surface area contributed by atoms with Crippen molar-refractivity contribution in [2.24, 2.45) is 0 Å². The normalized spacial score (nSPS) is 12.9. The van der Waals surface area contributed by atoms with Crippen LogP contribution in [0.1, 0.15) is 65.2 Å². The Balaban J connectivity index is 3.67. The molecule has 0 aliphatic carbocycles. The summed E-state index contributed by atoms with van der Waals surface area (Å²) in [6.07, 6.45) is 12.7. The van der Waals surface area contributed by atoms with Gasteiger partial charge >= 0.3 is 5.97 Å². The number of ether oxygens (including phenoxy) is 1. The van der Waals surface area contributed by atoms with E-state index in [0.29, 0.717) is 25.9 Å². The molecule has 4 heteroatoms. The number of Topliss-reactive ketones (excluding diaryl/α,β-unsaturated/α-hetero) is 1. The highest BCUT2D eigenvalue weighted by Gasteiger charge is 2.06. The fourth-order valence-electron chi connectivity index (χ4n) is 1.88. The smallest absolute Gasteiger partial charge is 0.330 e. The third kappa shape index (κ3) is 13.6. The summed E-state index contributed by atoms with van der Waals surface area (Å²) in [7, 11) is 0. The average Bonchev–Trinajstić information content (AvgIpc) is 2.50. The Morgan fingerprint density at radius 2 is 1.77 bits per heavy atom. The quantitative estimate of drug-likeness (QED) is 0.244. The predicted octanol–water partition coefficient (Wildman–Crippen LogP) is 3.73. The second-order valence-corrected chi connectivity index (χ2v) is 5.26. The summed E-state index contributed by atoms with van der Waals surface area (Å²) in [6, 6.07) is 0. The van der Waals surface area contributed by atoms with Gasteiger partial charge in [0, 0.05) is 18.9 Å². The zero-order valence-electron chi connectivity index (χ0n) is 13.9. The van der Waals surface area contributed by atoms with E-state index in [1.807, 2.05) is 0 Å². The Bertz CT molecular complexity index is 358. The van der Waals surface area contributed by atoms with Gasteiger partial charge in [0.1, 0.15) is 5.78 Å². The van der Waals surface area contributed by atoms with Crippen molar-refractivity contribution in [3.8, 4) is 0 Å². The molecule has 0 saturated carbocycles. The lowest BCUT2D eigenvalue weighted by molar-refractivity contribution is -0.137. The number of ketones is 1. The van der Waals surface area contributed by atoms with Crippen molar-refractivity contribution in [3.05, 3.63) is 24.3 Å². The maximum atomic E-state index is 11.7. The molecule has 1 N–H and O–H groups in total. The van der Waals surface area contributed by atoms with Gasteiger partial charge in [0.25, 0.3) is 0 Å². The van der Waals surface area contributed by atoms with Crippen LogP contribution in [0.2, 0.25) is 0 Å². The van der Waals surface area contributed by atoms with Crippen molar-refractivity contribution in [2.75, 3.05) is 6.61 Å². The van der Waals surface area contributed by atoms with Gasteiger partial charge in [-0.25, -0.2) is 4.79 Å². The Morgan fingerprint density at radius 1 is 1.09 bits per heavy atom. The molecule has 0 fully saturated rings. The van der Waals surface area contributed by atoms with Crippen LogP contribution in [0.5, 0.6) is 0 Å². The molecule has 1 atom stereocenters. The van der Waals surface area contributed by atoms with E-state index in [9.17, 15) is 14.7 Å². The van der Waals surface area contributed by atoms with Gasteiger partial charge in [-0.3, -0.25) is 4.79 Å². The molecule has 0 aromatic heterocycles. The minimum absolute atomic E-state index is 0.158. The molecule has 0 heterocycles. The molecule has 22 heavy (non-hydrogen) atoms. The van der Waals surface area contributed by atoms with Crippen molar-refractivity contribution in [3.63, 3.8) is 0 Å². The summed E-state index contributed by atoms with van der Waals surface area (Å²) in [6.45, 7) is 4.20. The summed E-state index contributed by atoms with van der Waals surface area (Å²) < 4.78 is 4.71. The maximum Gasteiger partial charge on any atom is 0.330 e. The van der Waals surface area contributed by atoms with Gasteiger partial charge in [-0.2, -0.15) is 0 Å². The zero-order chi connectivity index (χ0) is 16.6. The largest absolute Gasteiger partial charge is 0.463 e. The minimum atomic E-state index is -0.776. The number of aliphatic hydroxyl groups is 1. The third-order valence-corrected chi connectivity index (χ3v) is 3.18. The van der Waals surface area contributed by atoms with Gasteiger partial charge in [0.15, 0.2) is 0 Å². The van der Waals surface area contributed by atoms with Crippen LogP contribution < -0.4 is 0 Å². The second-order valence-electron chi connectivity index (χ2n) is 5.26. The Hall–Kier alpha value is -1.42. The van der Waals surface area contributed by atoms with Gasteiger partial charge in [0.2, 0.25) is 0 Å². The highest BCUT2D eigenvalue weighted by Crippen LogP contribution is 2.06. The number of hydrogen-bond donors (Lipinski definition) is 1. The van der Waals surface area contributed by atoms with Crippen LogP contribution in [0.4, 0.5) is 0 Å². The van der Waals surface area contributed by atoms with Gasteiger partial charge in [-0.05, 0) is 38.7 Å². The second kappa shape index (κ2) is 14.5. The number of unbranched alkanes of at least 4 members (excludes halogenated alkanes) is 3. The minimum Gasteiger partial charge on any atom is -0.463 e. The molecule has 126 valence electrons. The third-order valence-electron chi connectivity index (χ3n) is 3.18. The van der Waals surface area contributed by atoms with Crippen LogP contribution >= 0.6 is 0 Å². The molecular weight excluding hydrogens is 280 g/mol. The predicted molar refractivity (Wildman–Crippen MR) is 88.5 cm³/mol. The van der Waals surface area contributed by atoms with Gasteiger partial charge in [-0.1, -0.05) is 31.9 Å². The summed E-state index contributed by atoms with van der Waals surface area (Å²) in [5, 5.41) is 9.65. The van der Waals surface area contributed by atoms with Gasteiger partial charge in [0.05, 0.1) is 12.7 Å². The first-order chi connectivity index (χ1) is 10.6.